The van der Waals surface area contributed by atoms with E-state index in [1.807, 2.05) is 13.8 Å². The van der Waals surface area contributed by atoms with Crippen LogP contribution in [0.3, 0.4) is 0 Å². The average molecular weight is 288 g/mol. The molecule has 1 amide bonds. The van der Waals surface area contributed by atoms with E-state index in [2.05, 4.69) is 24.3 Å². The zero-order valence-corrected chi connectivity index (χ0v) is 13.3. The van der Waals surface area contributed by atoms with E-state index in [1.165, 1.54) is 37.7 Å². The van der Waals surface area contributed by atoms with E-state index in [0.717, 1.165) is 5.56 Å². The summed E-state index contributed by atoms with van der Waals surface area (Å²) in [6, 6.07) is 8.51. The number of benzene rings is 1. The molecule has 1 aliphatic rings. The fourth-order valence-electron chi connectivity index (χ4n) is 3.22. The topological polar surface area (TPSA) is 69.1 Å². The Morgan fingerprint density at radius 1 is 1.19 bits per heavy atom. The van der Waals surface area contributed by atoms with E-state index in [4.69, 9.17) is 11.5 Å². The maximum absolute atomic E-state index is 11.4. The van der Waals surface area contributed by atoms with Crippen molar-refractivity contribution < 1.29 is 4.79 Å². The molecule has 2 rings (SSSR count). The molecule has 3 heteroatoms. The van der Waals surface area contributed by atoms with Crippen LogP contribution in [0.1, 0.15) is 75.5 Å². The second-order valence-corrected chi connectivity index (χ2v) is 7.06. The Hall–Kier alpha value is -1.35. The number of rotatable bonds is 5. The van der Waals surface area contributed by atoms with Gasteiger partial charge in [0.1, 0.15) is 0 Å². The number of amides is 1. The summed E-state index contributed by atoms with van der Waals surface area (Å²) in [6.07, 6.45) is 7.25. The normalized spacial score (nSPS) is 18.4. The van der Waals surface area contributed by atoms with E-state index in [-0.39, 0.29) is 11.9 Å². The molecule has 1 fully saturated rings. The van der Waals surface area contributed by atoms with Crippen molar-refractivity contribution in [3.63, 3.8) is 0 Å². The highest BCUT2D eigenvalue weighted by molar-refractivity contribution is 5.79. The van der Waals surface area contributed by atoms with Crippen LogP contribution in [0.4, 0.5) is 0 Å². The largest absolute Gasteiger partial charge is 0.369 e. The third kappa shape index (κ3) is 4.07. The number of carbonyl (C=O) groups excluding carboxylic acids is 1. The van der Waals surface area contributed by atoms with E-state index in [0.29, 0.717) is 12.3 Å². The zero-order chi connectivity index (χ0) is 15.5. The fourth-order valence-corrected chi connectivity index (χ4v) is 3.22. The molecule has 1 unspecified atom stereocenters. The summed E-state index contributed by atoms with van der Waals surface area (Å²) in [6.45, 7) is 3.71. The number of hydrogen-bond acceptors (Lipinski definition) is 2. The van der Waals surface area contributed by atoms with Crippen LogP contribution in [0.15, 0.2) is 24.3 Å². The minimum Gasteiger partial charge on any atom is -0.369 e. The molecule has 0 aromatic heterocycles. The van der Waals surface area contributed by atoms with Crippen molar-refractivity contribution in [2.45, 2.75) is 64.3 Å². The summed E-state index contributed by atoms with van der Waals surface area (Å²) in [7, 11) is 0. The van der Waals surface area contributed by atoms with Crippen molar-refractivity contribution in [3.8, 4) is 0 Å². The highest BCUT2D eigenvalue weighted by Crippen LogP contribution is 2.34. The Bertz CT molecular complexity index is 472. The van der Waals surface area contributed by atoms with Gasteiger partial charge in [-0.05, 0) is 36.3 Å². The minimum atomic E-state index is -0.568. The summed E-state index contributed by atoms with van der Waals surface area (Å²) in [4.78, 5) is 11.4. The molecular weight excluding hydrogens is 260 g/mol. The number of nitrogens with two attached hydrogens (primary N) is 2. The molecule has 3 nitrogen and oxygen atoms in total. The molecule has 1 aromatic carbocycles. The molecule has 1 atom stereocenters. The molecule has 1 aromatic rings. The Morgan fingerprint density at radius 2 is 1.76 bits per heavy atom. The first-order chi connectivity index (χ1) is 9.90. The molecule has 0 spiro atoms. The highest BCUT2D eigenvalue weighted by Gasteiger charge is 2.28. The summed E-state index contributed by atoms with van der Waals surface area (Å²) in [5.74, 6) is 0.419. The van der Waals surface area contributed by atoms with Crippen LogP contribution < -0.4 is 11.5 Å². The van der Waals surface area contributed by atoms with Gasteiger partial charge in [0.2, 0.25) is 5.91 Å². The molecule has 0 heterocycles. The van der Waals surface area contributed by atoms with Crippen LogP contribution in [0, 0.1) is 5.41 Å². The standard InChI is InChI=1S/C18H28N2O/c1-18(2,17(20)21)12-16(19)15-10-8-14(9-11-15)13-6-4-3-5-7-13/h8-11,13,16H,3-7,12,19H2,1-2H3,(H2,20,21). The quantitative estimate of drug-likeness (QED) is 0.868. The van der Waals surface area contributed by atoms with Gasteiger partial charge in [0.25, 0.3) is 0 Å². The van der Waals surface area contributed by atoms with Crippen LogP contribution in [-0.2, 0) is 4.79 Å². The van der Waals surface area contributed by atoms with Crippen LogP contribution >= 0.6 is 0 Å². The van der Waals surface area contributed by atoms with Crippen LogP contribution in [0.25, 0.3) is 0 Å². The maximum Gasteiger partial charge on any atom is 0.223 e. The van der Waals surface area contributed by atoms with Crippen molar-refractivity contribution in [2.24, 2.45) is 16.9 Å². The minimum absolute atomic E-state index is 0.145. The highest BCUT2D eigenvalue weighted by atomic mass is 16.1. The summed E-state index contributed by atoms with van der Waals surface area (Å²) in [5.41, 5.74) is 13.6. The first kappa shape index (κ1) is 16.0. The van der Waals surface area contributed by atoms with E-state index < -0.39 is 5.41 Å². The van der Waals surface area contributed by atoms with Gasteiger partial charge in [-0.1, -0.05) is 57.4 Å². The third-order valence-electron chi connectivity index (χ3n) is 4.84. The van der Waals surface area contributed by atoms with Gasteiger partial charge in [-0.15, -0.1) is 0 Å². The predicted molar refractivity (Wildman–Crippen MR) is 86.8 cm³/mol. The molecule has 0 aliphatic heterocycles. The summed E-state index contributed by atoms with van der Waals surface area (Å²) >= 11 is 0. The van der Waals surface area contributed by atoms with Crippen molar-refractivity contribution in [1.29, 1.82) is 0 Å². The van der Waals surface area contributed by atoms with E-state index in [9.17, 15) is 4.79 Å². The van der Waals surface area contributed by atoms with E-state index >= 15 is 0 Å². The zero-order valence-electron chi connectivity index (χ0n) is 13.3. The van der Waals surface area contributed by atoms with Crippen molar-refractivity contribution in [2.75, 3.05) is 0 Å². The lowest BCUT2D eigenvalue weighted by molar-refractivity contribution is -0.126. The SMILES string of the molecule is CC(C)(CC(N)c1ccc(C2CCCCC2)cc1)C(N)=O. The smallest absolute Gasteiger partial charge is 0.223 e. The first-order valence-corrected chi connectivity index (χ1v) is 8.05. The monoisotopic (exact) mass is 288 g/mol. The lowest BCUT2D eigenvalue weighted by Crippen LogP contribution is -2.34. The van der Waals surface area contributed by atoms with E-state index in [1.54, 1.807) is 0 Å². The number of carbonyl (C=O) groups is 1. The maximum atomic E-state index is 11.4. The predicted octanol–water partition coefficient (Wildman–Crippen LogP) is 3.64. The molecule has 0 radical (unpaired) electrons. The summed E-state index contributed by atoms with van der Waals surface area (Å²) in [5, 5.41) is 0. The number of hydrogen-bond donors (Lipinski definition) is 2. The van der Waals surface area contributed by atoms with Crippen molar-refractivity contribution >= 4 is 5.91 Å². The average Bonchev–Trinajstić information content (AvgIpc) is 2.48. The Labute approximate surface area is 128 Å². The van der Waals surface area contributed by atoms with Gasteiger partial charge in [-0.3, -0.25) is 4.79 Å². The van der Waals surface area contributed by atoms with Gasteiger partial charge in [-0.25, -0.2) is 0 Å². The molecule has 0 bridgehead atoms. The Kier molecular flexibility index (Phi) is 5.04. The lowest BCUT2D eigenvalue weighted by Gasteiger charge is -2.25. The van der Waals surface area contributed by atoms with Gasteiger partial charge in [0, 0.05) is 11.5 Å². The van der Waals surface area contributed by atoms with Gasteiger partial charge < -0.3 is 11.5 Å². The molecule has 0 saturated heterocycles. The molecule has 1 aliphatic carbocycles. The van der Waals surface area contributed by atoms with Gasteiger partial charge >= 0.3 is 0 Å². The van der Waals surface area contributed by atoms with Crippen LogP contribution in [0.2, 0.25) is 0 Å². The Balaban J connectivity index is 2.02. The third-order valence-corrected chi connectivity index (χ3v) is 4.84. The summed E-state index contributed by atoms with van der Waals surface area (Å²) < 4.78 is 0. The molecule has 4 N–H and O–H groups in total. The van der Waals surface area contributed by atoms with Gasteiger partial charge in [-0.2, -0.15) is 0 Å². The fraction of sp³-hybridized carbons (Fsp3) is 0.611. The second-order valence-electron chi connectivity index (χ2n) is 7.06. The van der Waals surface area contributed by atoms with Crippen molar-refractivity contribution in [3.05, 3.63) is 35.4 Å². The Morgan fingerprint density at radius 3 is 2.29 bits per heavy atom. The number of primary amides is 1. The molecule has 1 saturated carbocycles. The molecular formula is C18H28N2O. The lowest BCUT2D eigenvalue weighted by atomic mass is 9.81. The molecule has 116 valence electrons. The molecule has 21 heavy (non-hydrogen) atoms. The van der Waals surface area contributed by atoms with Gasteiger partial charge in [0.15, 0.2) is 0 Å². The van der Waals surface area contributed by atoms with Gasteiger partial charge in [0.05, 0.1) is 0 Å². The van der Waals surface area contributed by atoms with Crippen LogP contribution in [0.5, 0.6) is 0 Å². The first-order valence-electron chi connectivity index (χ1n) is 8.05. The second kappa shape index (κ2) is 6.61. The van der Waals surface area contributed by atoms with Crippen LogP contribution in [-0.4, -0.2) is 5.91 Å². The van der Waals surface area contributed by atoms with Crippen molar-refractivity contribution in [1.82, 2.24) is 0 Å².